The van der Waals surface area contributed by atoms with Crippen molar-refractivity contribution in [3.63, 3.8) is 0 Å². The number of nitrogens with two attached hydrogens (primary N) is 1. The molecule has 1 aliphatic heterocycles. The van der Waals surface area contributed by atoms with Crippen LogP contribution in [0.25, 0.3) is 0 Å². The standard InChI is InChI=1S/C12H17ClN2O2S/c1-9-11(13)5-2-6-12(9)18(16,17)15-7-3-4-10(15)8-14/h2,5-6,10H,3-4,7-8,14H2,1H3. The van der Waals surface area contributed by atoms with Gasteiger partial charge in [0.2, 0.25) is 10.0 Å². The highest BCUT2D eigenvalue weighted by molar-refractivity contribution is 7.89. The molecule has 1 fully saturated rings. The van der Waals surface area contributed by atoms with Gasteiger partial charge < -0.3 is 5.73 Å². The predicted molar refractivity (Wildman–Crippen MR) is 72.2 cm³/mol. The fraction of sp³-hybridized carbons (Fsp3) is 0.500. The first-order chi connectivity index (χ1) is 8.48. The second-order valence-corrected chi connectivity index (χ2v) is 6.78. The lowest BCUT2D eigenvalue weighted by Crippen LogP contribution is -2.40. The highest BCUT2D eigenvalue weighted by Crippen LogP contribution is 2.29. The SMILES string of the molecule is Cc1c(Cl)cccc1S(=O)(=O)N1CCCC1CN. The molecule has 0 aliphatic carbocycles. The maximum atomic E-state index is 12.6. The van der Waals surface area contributed by atoms with Crippen molar-refractivity contribution in [2.75, 3.05) is 13.1 Å². The average Bonchev–Trinajstić information content (AvgIpc) is 2.81. The molecule has 0 aromatic heterocycles. The van der Waals surface area contributed by atoms with Gasteiger partial charge in [-0.15, -0.1) is 0 Å². The van der Waals surface area contributed by atoms with Gasteiger partial charge in [-0.3, -0.25) is 0 Å². The van der Waals surface area contributed by atoms with Crippen LogP contribution in [0.15, 0.2) is 23.1 Å². The van der Waals surface area contributed by atoms with Gasteiger partial charge in [-0.25, -0.2) is 8.42 Å². The van der Waals surface area contributed by atoms with Crippen LogP contribution >= 0.6 is 11.6 Å². The van der Waals surface area contributed by atoms with Crippen LogP contribution < -0.4 is 5.73 Å². The van der Waals surface area contributed by atoms with Crippen molar-refractivity contribution in [1.29, 1.82) is 0 Å². The summed E-state index contributed by atoms with van der Waals surface area (Å²) < 4.78 is 26.7. The molecule has 0 saturated carbocycles. The van der Waals surface area contributed by atoms with Crippen molar-refractivity contribution in [2.45, 2.75) is 30.7 Å². The molecule has 0 spiro atoms. The third-order valence-corrected chi connectivity index (χ3v) is 5.91. The number of benzene rings is 1. The van der Waals surface area contributed by atoms with Crippen molar-refractivity contribution in [3.05, 3.63) is 28.8 Å². The Bertz CT molecular complexity index is 545. The van der Waals surface area contributed by atoms with E-state index in [9.17, 15) is 8.42 Å². The Morgan fingerprint density at radius 1 is 1.50 bits per heavy atom. The Morgan fingerprint density at radius 2 is 2.22 bits per heavy atom. The fourth-order valence-corrected chi connectivity index (χ4v) is 4.54. The minimum Gasteiger partial charge on any atom is -0.329 e. The normalized spacial score (nSPS) is 21.4. The first-order valence-corrected chi connectivity index (χ1v) is 7.77. The summed E-state index contributed by atoms with van der Waals surface area (Å²) in [7, 11) is -3.48. The highest BCUT2D eigenvalue weighted by Gasteiger charge is 2.35. The summed E-state index contributed by atoms with van der Waals surface area (Å²) in [5.41, 5.74) is 6.23. The monoisotopic (exact) mass is 288 g/mol. The molecular weight excluding hydrogens is 272 g/mol. The predicted octanol–water partition coefficient (Wildman–Crippen LogP) is 1.76. The van der Waals surface area contributed by atoms with Gasteiger partial charge >= 0.3 is 0 Å². The van der Waals surface area contributed by atoms with E-state index < -0.39 is 10.0 Å². The van der Waals surface area contributed by atoms with Crippen molar-refractivity contribution in [3.8, 4) is 0 Å². The zero-order valence-electron chi connectivity index (χ0n) is 10.3. The van der Waals surface area contributed by atoms with Crippen LogP contribution in [0.5, 0.6) is 0 Å². The van der Waals surface area contributed by atoms with Gasteiger partial charge in [0, 0.05) is 24.2 Å². The number of nitrogens with zero attached hydrogens (tertiary/aromatic N) is 1. The second kappa shape index (κ2) is 5.17. The molecule has 1 aliphatic rings. The minimum atomic E-state index is -3.48. The quantitative estimate of drug-likeness (QED) is 0.922. The van der Waals surface area contributed by atoms with Gasteiger partial charge in [-0.2, -0.15) is 4.31 Å². The van der Waals surface area contributed by atoms with E-state index in [4.69, 9.17) is 17.3 Å². The second-order valence-electron chi connectivity index (χ2n) is 4.51. The molecule has 18 heavy (non-hydrogen) atoms. The molecule has 2 rings (SSSR count). The van der Waals surface area contributed by atoms with Crippen LogP contribution in [0, 0.1) is 6.92 Å². The Morgan fingerprint density at radius 3 is 2.89 bits per heavy atom. The molecule has 100 valence electrons. The van der Waals surface area contributed by atoms with Crippen molar-refractivity contribution in [1.82, 2.24) is 4.31 Å². The zero-order valence-corrected chi connectivity index (χ0v) is 11.8. The number of hydrogen-bond donors (Lipinski definition) is 1. The summed E-state index contributed by atoms with van der Waals surface area (Å²) >= 11 is 5.99. The van der Waals surface area contributed by atoms with Crippen LogP contribution in [0.3, 0.4) is 0 Å². The smallest absolute Gasteiger partial charge is 0.243 e. The van der Waals surface area contributed by atoms with Crippen molar-refractivity contribution >= 4 is 21.6 Å². The molecule has 1 saturated heterocycles. The van der Waals surface area contributed by atoms with Gasteiger partial charge in [0.15, 0.2) is 0 Å². The van der Waals surface area contributed by atoms with Crippen LogP contribution in [-0.4, -0.2) is 31.9 Å². The topological polar surface area (TPSA) is 63.4 Å². The van der Waals surface area contributed by atoms with Gasteiger partial charge in [0.05, 0.1) is 4.90 Å². The van der Waals surface area contributed by atoms with E-state index in [-0.39, 0.29) is 10.9 Å². The third kappa shape index (κ3) is 2.28. The molecule has 2 N–H and O–H groups in total. The molecule has 4 nitrogen and oxygen atoms in total. The van der Waals surface area contributed by atoms with Crippen molar-refractivity contribution in [2.24, 2.45) is 5.73 Å². The lowest BCUT2D eigenvalue weighted by Gasteiger charge is -2.23. The molecule has 0 radical (unpaired) electrons. The van der Waals surface area contributed by atoms with Crippen LogP contribution in [0.4, 0.5) is 0 Å². The number of halogens is 1. The molecule has 1 aromatic rings. The largest absolute Gasteiger partial charge is 0.329 e. The summed E-state index contributed by atoms with van der Waals surface area (Å²) in [6.07, 6.45) is 1.69. The molecule has 1 unspecified atom stereocenters. The summed E-state index contributed by atoms with van der Waals surface area (Å²) in [5, 5.41) is 0.472. The molecular formula is C12H17ClN2O2S. The third-order valence-electron chi connectivity index (χ3n) is 3.40. The van der Waals surface area contributed by atoms with Crippen LogP contribution in [0.1, 0.15) is 18.4 Å². The average molecular weight is 289 g/mol. The zero-order chi connectivity index (χ0) is 13.3. The Kier molecular flexibility index (Phi) is 3.96. The van der Waals surface area contributed by atoms with E-state index >= 15 is 0 Å². The first-order valence-electron chi connectivity index (χ1n) is 5.95. The lowest BCUT2D eigenvalue weighted by molar-refractivity contribution is 0.393. The van der Waals surface area contributed by atoms with Gasteiger partial charge in [-0.1, -0.05) is 17.7 Å². The highest BCUT2D eigenvalue weighted by atomic mass is 35.5. The first kappa shape index (κ1) is 13.8. The lowest BCUT2D eigenvalue weighted by atomic mass is 10.2. The van der Waals surface area contributed by atoms with Crippen LogP contribution in [-0.2, 0) is 10.0 Å². The Hall–Kier alpha value is -0.620. The molecule has 0 bridgehead atoms. The fourth-order valence-electron chi connectivity index (χ4n) is 2.35. The maximum absolute atomic E-state index is 12.6. The number of hydrogen-bond acceptors (Lipinski definition) is 3. The van der Waals surface area contributed by atoms with Gasteiger partial charge in [-0.05, 0) is 37.5 Å². The Labute approximate surface area is 113 Å². The molecule has 1 aromatic carbocycles. The summed E-state index contributed by atoms with van der Waals surface area (Å²) in [6, 6.07) is 4.87. The number of rotatable bonds is 3. The Balaban J connectivity index is 2.45. The van der Waals surface area contributed by atoms with E-state index in [1.807, 2.05) is 0 Å². The summed E-state index contributed by atoms with van der Waals surface area (Å²) in [6.45, 7) is 2.62. The van der Waals surface area contributed by atoms with Crippen LogP contribution in [0.2, 0.25) is 5.02 Å². The minimum absolute atomic E-state index is 0.0895. The van der Waals surface area contributed by atoms with E-state index in [0.717, 1.165) is 12.8 Å². The van der Waals surface area contributed by atoms with Gasteiger partial charge in [0.1, 0.15) is 0 Å². The van der Waals surface area contributed by atoms with E-state index in [1.54, 1.807) is 25.1 Å². The summed E-state index contributed by atoms with van der Waals surface area (Å²) in [5.74, 6) is 0. The number of sulfonamides is 1. The maximum Gasteiger partial charge on any atom is 0.243 e. The van der Waals surface area contributed by atoms with Gasteiger partial charge in [0.25, 0.3) is 0 Å². The van der Waals surface area contributed by atoms with E-state index in [0.29, 0.717) is 23.7 Å². The molecule has 6 heteroatoms. The summed E-state index contributed by atoms with van der Waals surface area (Å²) in [4.78, 5) is 0.287. The van der Waals surface area contributed by atoms with Crippen molar-refractivity contribution < 1.29 is 8.42 Å². The molecule has 0 amide bonds. The van der Waals surface area contributed by atoms with E-state index in [2.05, 4.69) is 0 Å². The van der Waals surface area contributed by atoms with E-state index in [1.165, 1.54) is 4.31 Å². The molecule has 1 heterocycles. The molecule has 1 atom stereocenters.